The lowest BCUT2D eigenvalue weighted by molar-refractivity contribution is 0.246. The van der Waals surface area contributed by atoms with Crippen LogP contribution in [0.25, 0.3) is 31.4 Å². The number of rotatable bonds is 7. The fraction of sp³-hybridized carbons (Fsp3) is 0.174. The zero-order valence-electron chi connectivity index (χ0n) is 17.3. The largest absolute Gasteiger partial charge is 0.462 e. The fourth-order valence-corrected chi connectivity index (χ4v) is 4.47. The molecule has 0 unspecified atom stereocenters. The van der Waals surface area contributed by atoms with E-state index in [4.69, 9.17) is 4.74 Å². The number of benzene rings is 2. The minimum atomic E-state index is 0.362. The molecule has 0 fully saturated rings. The maximum Gasteiger partial charge on any atom is 0.318 e. The van der Waals surface area contributed by atoms with E-state index >= 15 is 0 Å². The second kappa shape index (κ2) is 8.33. The van der Waals surface area contributed by atoms with Gasteiger partial charge >= 0.3 is 6.01 Å². The zero-order chi connectivity index (χ0) is 21.2. The molecule has 7 nitrogen and oxygen atoms in total. The summed E-state index contributed by atoms with van der Waals surface area (Å²) in [4.78, 5) is 11.9. The third-order valence-electron chi connectivity index (χ3n) is 4.92. The summed E-state index contributed by atoms with van der Waals surface area (Å²) in [6, 6.07) is 17.0. The molecule has 0 saturated heterocycles. The number of aromatic amines is 1. The van der Waals surface area contributed by atoms with Gasteiger partial charge in [-0.25, -0.2) is 4.98 Å². The van der Waals surface area contributed by atoms with Gasteiger partial charge in [-0.3, -0.25) is 5.10 Å². The number of H-pyrrole nitrogens is 1. The van der Waals surface area contributed by atoms with Crippen molar-refractivity contribution in [2.45, 2.75) is 0 Å². The number of thiophene rings is 1. The molecular formula is C23H22N6OS. The van der Waals surface area contributed by atoms with Gasteiger partial charge in [-0.05, 0) is 49.8 Å². The average molecular weight is 431 g/mol. The molecule has 0 aliphatic heterocycles. The molecule has 0 bridgehead atoms. The van der Waals surface area contributed by atoms with Crippen LogP contribution in [0.3, 0.4) is 0 Å². The Hall–Kier alpha value is -3.49. The van der Waals surface area contributed by atoms with Crippen molar-refractivity contribution in [2.24, 2.45) is 0 Å². The van der Waals surface area contributed by atoms with E-state index in [2.05, 4.69) is 72.8 Å². The Morgan fingerprint density at radius 3 is 2.87 bits per heavy atom. The lowest BCUT2D eigenvalue weighted by Crippen LogP contribution is -2.20. The molecule has 2 N–H and O–H groups in total. The van der Waals surface area contributed by atoms with E-state index in [0.29, 0.717) is 18.4 Å². The monoisotopic (exact) mass is 430 g/mol. The Morgan fingerprint density at radius 1 is 1.10 bits per heavy atom. The highest BCUT2D eigenvalue weighted by molar-refractivity contribution is 7.22. The molecule has 5 rings (SSSR count). The van der Waals surface area contributed by atoms with E-state index in [9.17, 15) is 0 Å². The molecule has 0 aliphatic carbocycles. The normalized spacial score (nSPS) is 11.5. The van der Waals surface area contributed by atoms with Crippen LogP contribution in [0.4, 0.5) is 11.5 Å². The first-order valence-corrected chi connectivity index (χ1v) is 10.8. The topological polar surface area (TPSA) is 79.0 Å². The van der Waals surface area contributed by atoms with Gasteiger partial charge in [0.2, 0.25) is 0 Å². The minimum absolute atomic E-state index is 0.362. The molecule has 156 valence electrons. The summed E-state index contributed by atoms with van der Waals surface area (Å²) in [6.45, 7) is 1.34. The Morgan fingerprint density at radius 2 is 2.00 bits per heavy atom. The zero-order valence-corrected chi connectivity index (χ0v) is 18.1. The molecule has 2 aromatic carbocycles. The minimum Gasteiger partial charge on any atom is -0.462 e. The Bertz CT molecular complexity index is 1310. The predicted molar refractivity (Wildman–Crippen MR) is 126 cm³/mol. The second-order valence-electron chi connectivity index (χ2n) is 7.51. The number of aromatic nitrogens is 4. The van der Waals surface area contributed by atoms with E-state index in [1.165, 1.54) is 15.0 Å². The van der Waals surface area contributed by atoms with Crippen LogP contribution < -0.4 is 10.1 Å². The van der Waals surface area contributed by atoms with Crippen molar-refractivity contribution in [3.63, 3.8) is 0 Å². The first kappa shape index (κ1) is 19.5. The van der Waals surface area contributed by atoms with Gasteiger partial charge in [-0.1, -0.05) is 18.2 Å². The highest BCUT2D eigenvalue weighted by atomic mass is 32.1. The van der Waals surface area contributed by atoms with Crippen LogP contribution in [-0.2, 0) is 0 Å². The maximum atomic E-state index is 5.66. The van der Waals surface area contributed by atoms with Crippen LogP contribution in [0.5, 0.6) is 6.01 Å². The van der Waals surface area contributed by atoms with Crippen LogP contribution in [0.2, 0.25) is 0 Å². The molecule has 8 heteroatoms. The lowest BCUT2D eigenvalue weighted by atomic mass is 10.1. The van der Waals surface area contributed by atoms with Crippen molar-refractivity contribution >= 4 is 43.8 Å². The Kier molecular flexibility index (Phi) is 5.23. The Balaban J connectivity index is 1.46. The fourth-order valence-electron chi connectivity index (χ4n) is 3.39. The van der Waals surface area contributed by atoms with Crippen LogP contribution in [-0.4, -0.2) is 52.3 Å². The van der Waals surface area contributed by atoms with Gasteiger partial charge < -0.3 is 15.0 Å². The summed E-state index contributed by atoms with van der Waals surface area (Å²) in [5.74, 6) is 0.681. The van der Waals surface area contributed by atoms with Gasteiger partial charge in [-0.2, -0.15) is 10.1 Å². The first-order chi connectivity index (χ1) is 15.2. The quantitative estimate of drug-likeness (QED) is 0.382. The van der Waals surface area contributed by atoms with E-state index in [-0.39, 0.29) is 0 Å². The van der Waals surface area contributed by atoms with Gasteiger partial charge in [-0.15, -0.1) is 11.3 Å². The molecule has 3 aromatic heterocycles. The number of fused-ring (bicyclic) bond motifs is 2. The molecule has 0 radical (unpaired) electrons. The smallest absolute Gasteiger partial charge is 0.318 e. The molecule has 0 amide bonds. The van der Waals surface area contributed by atoms with Gasteiger partial charge in [0.15, 0.2) is 0 Å². The summed E-state index contributed by atoms with van der Waals surface area (Å²) in [5.41, 5.74) is 3.06. The summed E-state index contributed by atoms with van der Waals surface area (Å²) in [6.07, 6.45) is 3.54. The van der Waals surface area contributed by atoms with Crippen molar-refractivity contribution in [3.8, 4) is 16.5 Å². The number of nitrogens with one attached hydrogen (secondary N) is 2. The van der Waals surface area contributed by atoms with Crippen molar-refractivity contribution in [2.75, 3.05) is 32.6 Å². The van der Waals surface area contributed by atoms with Crippen molar-refractivity contribution in [1.29, 1.82) is 0 Å². The average Bonchev–Trinajstić information content (AvgIpc) is 3.40. The van der Waals surface area contributed by atoms with Crippen LogP contribution in [0.15, 0.2) is 60.9 Å². The summed E-state index contributed by atoms with van der Waals surface area (Å²) < 4.78 is 6.93. The number of anilines is 2. The highest BCUT2D eigenvalue weighted by Gasteiger charge is 2.12. The standard InChI is InChI=1S/C23H22N6OS/c1-29(2)9-10-30-23-24-8-7-21(27-23)26-17-11-16-14-25-28-22(16)18(13-17)20-12-15-5-3-4-6-19(15)31-20/h3-8,11-14H,9-10H2,1-2H3,(H,25,28)(H,24,26,27). The van der Waals surface area contributed by atoms with Crippen molar-refractivity contribution in [1.82, 2.24) is 25.1 Å². The van der Waals surface area contributed by atoms with Crippen LogP contribution >= 0.6 is 11.3 Å². The number of ether oxygens (including phenoxy) is 1. The lowest BCUT2D eigenvalue weighted by Gasteiger charge is -2.11. The molecule has 31 heavy (non-hydrogen) atoms. The van der Waals surface area contributed by atoms with Crippen molar-refractivity contribution < 1.29 is 4.74 Å². The number of likely N-dealkylation sites (N-methyl/N-ethyl adjacent to an activating group) is 1. The molecule has 0 aliphatic rings. The molecule has 0 atom stereocenters. The molecule has 3 heterocycles. The molecule has 0 saturated carbocycles. The number of nitrogens with zero attached hydrogens (tertiary/aromatic N) is 4. The summed E-state index contributed by atoms with van der Waals surface area (Å²) >= 11 is 1.77. The first-order valence-electron chi connectivity index (χ1n) is 9.99. The van der Waals surface area contributed by atoms with Crippen LogP contribution in [0.1, 0.15) is 0 Å². The third kappa shape index (κ3) is 4.21. The van der Waals surface area contributed by atoms with Gasteiger partial charge in [0.1, 0.15) is 12.4 Å². The van der Waals surface area contributed by atoms with Gasteiger partial charge in [0.25, 0.3) is 0 Å². The number of hydrogen-bond acceptors (Lipinski definition) is 7. The van der Waals surface area contributed by atoms with E-state index in [1.807, 2.05) is 26.4 Å². The third-order valence-corrected chi connectivity index (χ3v) is 6.06. The molecule has 0 spiro atoms. The van der Waals surface area contributed by atoms with E-state index in [1.54, 1.807) is 17.5 Å². The van der Waals surface area contributed by atoms with E-state index < -0.39 is 0 Å². The molecule has 5 aromatic rings. The van der Waals surface area contributed by atoms with Gasteiger partial charge in [0, 0.05) is 39.0 Å². The Labute approximate surface area is 183 Å². The SMILES string of the molecule is CN(C)CCOc1nccc(Nc2cc(-c3cc4ccccc4s3)c3[nH]ncc3c2)n1. The summed E-state index contributed by atoms with van der Waals surface area (Å²) in [7, 11) is 4.00. The highest BCUT2D eigenvalue weighted by Crippen LogP contribution is 2.38. The van der Waals surface area contributed by atoms with Crippen molar-refractivity contribution in [3.05, 3.63) is 60.9 Å². The predicted octanol–water partition coefficient (Wildman–Crippen LogP) is 4.92. The van der Waals surface area contributed by atoms with Gasteiger partial charge in [0.05, 0.1) is 11.7 Å². The maximum absolute atomic E-state index is 5.66. The second-order valence-corrected chi connectivity index (χ2v) is 8.59. The summed E-state index contributed by atoms with van der Waals surface area (Å²) in [5, 5.41) is 13.1. The van der Waals surface area contributed by atoms with E-state index in [0.717, 1.165) is 28.7 Å². The number of hydrogen-bond donors (Lipinski definition) is 2. The van der Waals surface area contributed by atoms with Crippen LogP contribution in [0, 0.1) is 0 Å². The molecular weight excluding hydrogens is 408 g/mol.